The molecule has 28 heavy (non-hydrogen) atoms. The van der Waals surface area contributed by atoms with E-state index in [0.29, 0.717) is 0 Å². The number of rotatable bonds is 14. The minimum atomic E-state index is 0.172. The summed E-state index contributed by atoms with van der Waals surface area (Å²) in [7, 11) is 8.31. The Hall–Kier alpha value is -1.18. The second-order valence-electron chi connectivity index (χ2n) is 8.00. The first-order valence-electron chi connectivity index (χ1n) is 10.3. The van der Waals surface area contributed by atoms with Crippen LogP contribution in [0.15, 0.2) is 22.8 Å². The van der Waals surface area contributed by atoms with Crippen molar-refractivity contribution in [1.82, 2.24) is 19.6 Å². The first-order valence-corrected chi connectivity index (χ1v) is 11.4. The summed E-state index contributed by atoms with van der Waals surface area (Å²) in [5.41, 5.74) is 0. The molecule has 0 radical (unpaired) electrons. The molecule has 0 N–H and O–H groups in total. The summed E-state index contributed by atoms with van der Waals surface area (Å²) in [6.07, 6.45) is 3.71. The zero-order chi connectivity index (χ0) is 20.9. The van der Waals surface area contributed by atoms with Crippen molar-refractivity contribution in [2.45, 2.75) is 38.5 Å². The molecule has 0 fully saturated rings. The molecule has 1 heterocycles. The van der Waals surface area contributed by atoms with Gasteiger partial charge in [-0.1, -0.05) is 0 Å². The van der Waals surface area contributed by atoms with E-state index in [1.165, 1.54) is 0 Å². The minimum absolute atomic E-state index is 0.172. The molecule has 0 atom stereocenters. The molecule has 1 rings (SSSR count). The maximum Gasteiger partial charge on any atom is 0.320 e. The van der Waals surface area contributed by atoms with Crippen LogP contribution in [-0.4, -0.2) is 98.3 Å². The lowest BCUT2D eigenvalue weighted by Gasteiger charge is -2.34. The zero-order valence-corrected chi connectivity index (χ0v) is 19.5. The molecule has 7 heteroatoms. The standard InChI is InChI=1S/C21H40N4O2S/c1-19(2)25(15-17-28-18-20-10-7-16-27-20)21(26)24(13-8-11-22(3)4)14-9-12-23(5)6/h7,10,16,19H,8-9,11-15,17-18H2,1-6H3. The SMILES string of the molecule is CC(C)N(CCSCc1ccco1)C(=O)N(CCCN(C)C)CCCN(C)C. The second-order valence-corrected chi connectivity index (χ2v) is 9.11. The normalized spacial score (nSPS) is 11.6. The van der Waals surface area contributed by atoms with Gasteiger partial charge < -0.3 is 24.0 Å². The quantitative estimate of drug-likeness (QED) is 0.437. The molecule has 0 saturated carbocycles. The van der Waals surface area contributed by atoms with Crippen LogP contribution in [0.1, 0.15) is 32.4 Å². The molecule has 0 aromatic carbocycles. The number of thioether (sulfide) groups is 1. The zero-order valence-electron chi connectivity index (χ0n) is 18.7. The van der Waals surface area contributed by atoms with Crippen LogP contribution in [0.3, 0.4) is 0 Å². The monoisotopic (exact) mass is 412 g/mol. The van der Waals surface area contributed by atoms with Crippen molar-refractivity contribution in [2.24, 2.45) is 0 Å². The average Bonchev–Trinajstić information content (AvgIpc) is 3.12. The molecule has 2 amide bonds. The summed E-state index contributed by atoms with van der Waals surface area (Å²) >= 11 is 1.81. The Morgan fingerprint density at radius 3 is 2.07 bits per heavy atom. The molecule has 0 aliphatic rings. The topological polar surface area (TPSA) is 43.2 Å². The lowest BCUT2D eigenvalue weighted by Crippen LogP contribution is -2.48. The number of urea groups is 1. The van der Waals surface area contributed by atoms with Gasteiger partial charge in [0.05, 0.1) is 12.0 Å². The van der Waals surface area contributed by atoms with Gasteiger partial charge in [0.15, 0.2) is 0 Å². The molecule has 1 aromatic heterocycles. The van der Waals surface area contributed by atoms with Crippen LogP contribution in [0.5, 0.6) is 0 Å². The fraction of sp³-hybridized carbons (Fsp3) is 0.762. The predicted molar refractivity (Wildman–Crippen MR) is 120 cm³/mol. The molecule has 0 spiro atoms. The van der Waals surface area contributed by atoms with Crippen molar-refractivity contribution < 1.29 is 9.21 Å². The maximum absolute atomic E-state index is 13.3. The van der Waals surface area contributed by atoms with E-state index in [2.05, 4.69) is 51.8 Å². The van der Waals surface area contributed by atoms with Crippen molar-refractivity contribution in [2.75, 3.05) is 66.7 Å². The van der Waals surface area contributed by atoms with Gasteiger partial charge in [-0.3, -0.25) is 0 Å². The Balaban J connectivity index is 2.58. The molecule has 0 bridgehead atoms. The molecule has 0 unspecified atom stereocenters. The smallest absolute Gasteiger partial charge is 0.320 e. The summed E-state index contributed by atoms with van der Waals surface area (Å²) in [5, 5.41) is 0. The molecule has 0 saturated heterocycles. The number of carbonyl (C=O) groups is 1. The molecular formula is C21H40N4O2S. The third-order valence-corrected chi connectivity index (χ3v) is 5.47. The number of carbonyl (C=O) groups excluding carboxylic acids is 1. The van der Waals surface area contributed by atoms with E-state index >= 15 is 0 Å². The minimum Gasteiger partial charge on any atom is -0.468 e. The van der Waals surface area contributed by atoms with Crippen molar-refractivity contribution in [3.8, 4) is 0 Å². The van der Waals surface area contributed by atoms with Crippen molar-refractivity contribution in [1.29, 1.82) is 0 Å². The van der Waals surface area contributed by atoms with Crippen LogP contribution < -0.4 is 0 Å². The third-order valence-electron chi connectivity index (χ3n) is 4.51. The van der Waals surface area contributed by atoms with Gasteiger partial charge in [0.2, 0.25) is 0 Å². The van der Waals surface area contributed by atoms with Gasteiger partial charge in [0.25, 0.3) is 0 Å². The van der Waals surface area contributed by atoms with Crippen LogP contribution in [-0.2, 0) is 5.75 Å². The lowest BCUT2D eigenvalue weighted by molar-refractivity contribution is 0.139. The van der Waals surface area contributed by atoms with E-state index in [1.807, 2.05) is 33.7 Å². The van der Waals surface area contributed by atoms with Gasteiger partial charge in [0.1, 0.15) is 5.76 Å². The average molecular weight is 413 g/mol. The Morgan fingerprint density at radius 2 is 1.61 bits per heavy atom. The molecule has 6 nitrogen and oxygen atoms in total. The number of furan rings is 1. The van der Waals surface area contributed by atoms with Crippen LogP contribution in [0, 0.1) is 0 Å². The second kappa shape index (κ2) is 13.9. The first kappa shape index (κ1) is 24.9. The Bertz CT molecular complexity index is 506. The van der Waals surface area contributed by atoms with Crippen LogP contribution in [0.2, 0.25) is 0 Å². The van der Waals surface area contributed by atoms with Gasteiger partial charge in [-0.15, -0.1) is 0 Å². The van der Waals surface area contributed by atoms with E-state index in [0.717, 1.165) is 62.8 Å². The number of nitrogens with zero attached hydrogens (tertiary/aromatic N) is 4. The number of hydrogen-bond donors (Lipinski definition) is 0. The predicted octanol–water partition coefficient (Wildman–Crippen LogP) is 3.55. The van der Waals surface area contributed by atoms with E-state index in [-0.39, 0.29) is 12.1 Å². The molecule has 162 valence electrons. The largest absolute Gasteiger partial charge is 0.468 e. The van der Waals surface area contributed by atoms with Crippen molar-refractivity contribution in [3.05, 3.63) is 24.2 Å². The molecule has 1 aromatic rings. The highest BCUT2D eigenvalue weighted by molar-refractivity contribution is 7.98. The summed E-state index contributed by atoms with van der Waals surface area (Å²) < 4.78 is 5.38. The van der Waals surface area contributed by atoms with Gasteiger partial charge in [-0.05, 0) is 80.1 Å². The third kappa shape index (κ3) is 10.4. The fourth-order valence-electron chi connectivity index (χ4n) is 2.95. The van der Waals surface area contributed by atoms with E-state index in [1.54, 1.807) is 6.26 Å². The van der Waals surface area contributed by atoms with E-state index in [4.69, 9.17) is 4.42 Å². The van der Waals surface area contributed by atoms with Crippen LogP contribution >= 0.6 is 11.8 Å². The van der Waals surface area contributed by atoms with E-state index < -0.39 is 0 Å². The first-order chi connectivity index (χ1) is 13.3. The Kier molecular flexibility index (Phi) is 12.3. The highest BCUT2D eigenvalue weighted by Gasteiger charge is 2.22. The molecular weight excluding hydrogens is 372 g/mol. The van der Waals surface area contributed by atoms with Gasteiger partial charge >= 0.3 is 6.03 Å². The highest BCUT2D eigenvalue weighted by Crippen LogP contribution is 2.14. The summed E-state index contributed by atoms with van der Waals surface area (Å²) in [6, 6.07) is 4.28. The summed E-state index contributed by atoms with van der Waals surface area (Å²) in [6.45, 7) is 8.59. The van der Waals surface area contributed by atoms with Crippen molar-refractivity contribution >= 4 is 17.8 Å². The lowest BCUT2D eigenvalue weighted by atomic mass is 10.3. The van der Waals surface area contributed by atoms with Crippen molar-refractivity contribution in [3.63, 3.8) is 0 Å². The van der Waals surface area contributed by atoms with Crippen LogP contribution in [0.4, 0.5) is 4.79 Å². The number of amides is 2. The summed E-state index contributed by atoms with van der Waals surface area (Å²) in [5.74, 6) is 2.75. The highest BCUT2D eigenvalue weighted by atomic mass is 32.2. The van der Waals surface area contributed by atoms with E-state index in [9.17, 15) is 4.79 Å². The maximum atomic E-state index is 13.3. The van der Waals surface area contributed by atoms with Gasteiger partial charge in [0, 0.05) is 31.4 Å². The van der Waals surface area contributed by atoms with Crippen LogP contribution in [0.25, 0.3) is 0 Å². The fourth-order valence-corrected chi connectivity index (χ4v) is 3.78. The van der Waals surface area contributed by atoms with Gasteiger partial charge in [-0.25, -0.2) is 4.79 Å². The Morgan fingerprint density at radius 1 is 1.00 bits per heavy atom. The molecule has 0 aliphatic heterocycles. The van der Waals surface area contributed by atoms with Gasteiger partial charge in [-0.2, -0.15) is 11.8 Å². The summed E-state index contributed by atoms with van der Waals surface area (Å²) in [4.78, 5) is 21.7. The number of hydrogen-bond acceptors (Lipinski definition) is 5. The molecule has 0 aliphatic carbocycles. The Labute approximate surface area is 176 Å².